The molecule has 36 heavy (non-hydrogen) atoms. The first-order valence-electron chi connectivity index (χ1n) is 12.1. The molecular formula is C27H35F2N5O2. The van der Waals surface area contributed by atoms with E-state index >= 15 is 0 Å². The van der Waals surface area contributed by atoms with Crippen molar-refractivity contribution in [2.45, 2.75) is 44.9 Å². The third-order valence-corrected chi connectivity index (χ3v) is 6.73. The summed E-state index contributed by atoms with van der Waals surface area (Å²) in [4.78, 5) is 30.0. The summed E-state index contributed by atoms with van der Waals surface area (Å²) in [6, 6.07) is 5.31. The number of urea groups is 1. The number of carbonyl (C=O) groups is 2. The van der Waals surface area contributed by atoms with E-state index in [1.165, 1.54) is 24.3 Å². The summed E-state index contributed by atoms with van der Waals surface area (Å²) >= 11 is 0. The Bertz CT molecular complexity index is 1040. The fraction of sp³-hybridized carbons (Fsp3) is 0.407. The molecule has 2 aliphatic rings. The van der Waals surface area contributed by atoms with Gasteiger partial charge in [-0.3, -0.25) is 4.79 Å². The first kappa shape index (κ1) is 27.1. The summed E-state index contributed by atoms with van der Waals surface area (Å²) in [5.41, 5.74) is 2.11. The molecule has 1 aromatic rings. The highest BCUT2D eigenvalue weighted by Gasteiger charge is 2.47. The molecule has 3 rings (SSSR count). The van der Waals surface area contributed by atoms with Gasteiger partial charge in [-0.25, -0.2) is 23.6 Å². The van der Waals surface area contributed by atoms with E-state index < -0.39 is 6.17 Å². The number of unbranched alkanes of at least 4 members (excludes halogenated alkanes) is 1. The van der Waals surface area contributed by atoms with Crippen LogP contribution in [0.5, 0.6) is 0 Å². The van der Waals surface area contributed by atoms with Crippen LogP contribution in [0.25, 0.3) is 0 Å². The topological polar surface area (TPSA) is 59.1 Å². The zero-order valence-electron chi connectivity index (χ0n) is 21.1. The second-order valence-electron chi connectivity index (χ2n) is 9.08. The molecule has 0 spiro atoms. The molecule has 1 aromatic carbocycles. The van der Waals surface area contributed by atoms with Gasteiger partial charge in [0.15, 0.2) is 0 Å². The molecule has 0 radical (unpaired) electrons. The first-order valence-corrected chi connectivity index (χ1v) is 12.1. The fourth-order valence-electron chi connectivity index (χ4n) is 4.70. The molecule has 9 heteroatoms. The number of likely N-dealkylation sites (N-methyl/N-ethyl adjacent to an activating group) is 1. The molecule has 194 valence electrons. The van der Waals surface area contributed by atoms with Gasteiger partial charge in [0.05, 0.1) is 19.1 Å². The Balaban J connectivity index is 1.68. The second kappa shape index (κ2) is 12.0. The summed E-state index contributed by atoms with van der Waals surface area (Å²) in [6.45, 7) is 14.6. The van der Waals surface area contributed by atoms with Crippen LogP contribution in [0.3, 0.4) is 0 Å². The smallest absolute Gasteiger partial charge is 0.334 e. The Morgan fingerprint density at radius 2 is 1.89 bits per heavy atom. The Hall–Kier alpha value is -3.46. The van der Waals surface area contributed by atoms with E-state index in [1.807, 2.05) is 6.92 Å². The number of halogens is 2. The lowest BCUT2D eigenvalue weighted by Crippen LogP contribution is -2.73. The van der Waals surface area contributed by atoms with Gasteiger partial charge in [-0.15, -0.1) is 0 Å². The zero-order valence-corrected chi connectivity index (χ0v) is 21.1. The van der Waals surface area contributed by atoms with Crippen LogP contribution in [0.4, 0.5) is 13.6 Å². The summed E-state index contributed by atoms with van der Waals surface area (Å²) < 4.78 is 27.0. The molecule has 2 aliphatic heterocycles. The number of rotatable bonds is 9. The van der Waals surface area contributed by atoms with Gasteiger partial charge in [0.1, 0.15) is 17.8 Å². The average Bonchev–Trinajstić information content (AvgIpc) is 2.85. The molecule has 2 fully saturated rings. The van der Waals surface area contributed by atoms with Crippen molar-refractivity contribution in [1.82, 2.24) is 25.1 Å². The van der Waals surface area contributed by atoms with Gasteiger partial charge in [0.25, 0.3) is 0 Å². The van der Waals surface area contributed by atoms with Crippen LogP contribution in [0.2, 0.25) is 0 Å². The van der Waals surface area contributed by atoms with Gasteiger partial charge in [-0.05, 0) is 55.5 Å². The van der Waals surface area contributed by atoms with Gasteiger partial charge in [-0.2, -0.15) is 0 Å². The van der Waals surface area contributed by atoms with Crippen LogP contribution in [0.15, 0.2) is 73.3 Å². The molecule has 0 aliphatic carbocycles. The number of benzene rings is 1. The second-order valence-corrected chi connectivity index (χ2v) is 9.08. The maximum absolute atomic E-state index is 13.8. The Morgan fingerprint density at radius 1 is 1.19 bits per heavy atom. The van der Waals surface area contributed by atoms with Gasteiger partial charge in [0.2, 0.25) is 5.91 Å². The van der Waals surface area contributed by atoms with Gasteiger partial charge in [-0.1, -0.05) is 37.9 Å². The molecule has 0 aromatic heterocycles. The lowest BCUT2D eigenvalue weighted by atomic mass is 10.0. The van der Waals surface area contributed by atoms with Crippen LogP contribution in [-0.4, -0.2) is 70.6 Å². The monoisotopic (exact) mass is 499 g/mol. The van der Waals surface area contributed by atoms with Crippen LogP contribution in [0, 0.1) is 5.82 Å². The molecule has 1 N–H and O–H groups in total. The molecule has 1 unspecified atom stereocenters. The third kappa shape index (κ3) is 6.02. The summed E-state index contributed by atoms with van der Waals surface area (Å²) in [7, 11) is 1.71. The molecular weight excluding hydrogens is 464 g/mol. The van der Waals surface area contributed by atoms with Crippen molar-refractivity contribution in [2.75, 3.05) is 26.7 Å². The summed E-state index contributed by atoms with van der Waals surface area (Å²) in [5.74, 6) is -0.768. The number of hydrogen-bond acceptors (Lipinski definition) is 4. The number of fused-ring (bicyclic) bond motifs is 1. The molecule has 3 amide bonds. The van der Waals surface area contributed by atoms with E-state index in [9.17, 15) is 18.4 Å². The van der Waals surface area contributed by atoms with E-state index in [-0.39, 0.29) is 42.7 Å². The minimum Gasteiger partial charge on any atom is -0.370 e. The molecule has 0 bridgehead atoms. The summed E-state index contributed by atoms with van der Waals surface area (Å²) in [6.07, 6.45) is 4.27. The zero-order chi connectivity index (χ0) is 26.4. The van der Waals surface area contributed by atoms with Crippen molar-refractivity contribution in [3.05, 3.63) is 84.6 Å². The minimum atomic E-state index is -0.508. The van der Waals surface area contributed by atoms with E-state index in [0.29, 0.717) is 25.1 Å². The molecule has 2 heterocycles. The number of nitrogens with zero attached hydrogens (tertiary/aromatic N) is 4. The SMILES string of the molecule is C=C/C(F)=C(\C=C)CCCCN1CC2N(C(=O)CN(C)N2C(=O)NCc2ccc(F)cc2)[C@@H](C)C1=C. The average molecular weight is 500 g/mol. The lowest BCUT2D eigenvalue weighted by molar-refractivity contribution is -0.173. The number of hydrazine groups is 1. The molecule has 7 nitrogen and oxygen atoms in total. The molecule has 2 atom stereocenters. The number of nitrogens with one attached hydrogen (secondary N) is 1. The van der Waals surface area contributed by atoms with Crippen molar-refractivity contribution in [1.29, 1.82) is 0 Å². The number of allylic oxidation sites excluding steroid dienone is 4. The van der Waals surface area contributed by atoms with E-state index in [1.54, 1.807) is 34.1 Å². The highest BCUT2D eigenvalue weighted by molar-refractivity contribution is 5.83. The third-order valence-electron chi connectivity index (χ3n) is 6.73. The number of hydrogen-bond donors (Lipinski definition) is 1. The lowest BCUT2D eigenvalue weighted by Gasteiger charge is -2.55. The fourth-order valence-corrected chi connectivity index (χ4v) is 4.70. The Kier molecular flexibility index (Phi) is 9.03. The number of carbonyl (C=O) groups excluding carboxylic acids is 2. The maximum Gasteiger partial charge on any atom is 0.334 e. The minimum absolute atomic E-state index is 0.0703. The van der Waals surface area contributed by atoms with Gasteiger partial charge < -0.3 is 15.1 Å². The van der Waals surface area contributed by atoms with Gasteiger partial charge >= 0.3 is 6.03 Å². The highest BCUT2D eigenvalue weighted by Crippen LogP contribution is 2.30. The van der Waals surface area contributed by atoms with Crippen molar-refractivity contribution in [3.63, 3.8) is 0 Å². The van der Waals surface area contributed by atoms with Crippen molar-refractivity contribution >= 4 is 11.9 Å². The number of amides is 3. The van der Waals surface area contributed by atoms with Crippen molar-refractivity contribution in [3.8, 4) is 0 Å². The predicted molar refractivity (Wildman–Crippen MR) is 136 cm³/mol. The van der Waals surface area contributed by atoms with Crippen LogP contribution in [-0.2, 0) is 11.3 Å². The highest BCUT2D eigenvalue weighted by atomic mass is 19.1. The van der Waals surface area contributed by atoms with Gasteiger partial charge in [0, 0.05) is 25.8 Å². The first-order chi connectivity index (χ1) is 17.2. The van der Waals surface area contributed by atoms with Crippen molar-refractivity contribution < 1.29 is 18.4 Å². The normalized spacial score (nSPS) is 21.2. The van der Waals surface area contributed by atoms with Crippen molar-refractivity contribution in [2.24, 2.45) is 0 Å². The standard InChI is InChI=1S/C27H35F2N5O2/c1-6-22(24(29)7-2)10-8-9-15-32-17-25-33(20(4)19(32)3)26(35)18-31(5)34(25)27(36)30-16-21-11-13-23(28)14-12-21/h6-7,11-14,20,25H,1-3,8-10,15-18H2,4-5H3,(H,30,36)/b24-22-/t20-,25?/m0/s1. The molecule has 2 saturated heterocycles. The molecule has 0 saturated carbocycles. The van der Waals surface area contributed by atoms with E-state index in [2.05, 4.69) is 30.0 Å². The summed E-state index contributed by atoms with van der Waals surface area (Å²) in [5, 5.41) is 6.08. The van der Waals surface area contributed by atoms with E-state index in [0.717, 1.165) is 24.1 Å². The largest absolute Gasteiger partial charge is 0.370 e. The Labute approximate surface area is 212 Å². The Morgan fingerprint density at radius 3 is 2.53 bits per heavy atom. The quantitative estimate of drug-likeness (QED) is 0.406. The van der Waals surface area contributed by atoms with E-state index in [4.69, 9.17) is 0 Å². The van der Waals surface area contributed by atoms with Crippen LogP contribution >= 0.6 is 0 Å². The number of piperazine rings is 1. The van der Waals surface area contributed by atoms with Crippen LogP contribution < -0.4 is 5.32 Å². The maximum atomic E-state index is 13.8. The predicted octanol–water partition coefficient (Wildman–Crippen LogP) is 4.34. The van der Waals surface area contributed by atoms with Crippen LogP contribution in [0.1, 0.15) is 31.7 Å².